The number of para-hydroxylation sites is 2. The van der Waals surface area contributed by atoms with Crippen LogP contribution in [0.3, 0.4) is 0 Å². The molecule has 0 unspecified atom stereocenters. The van der Waals surface area contributed by atoms with E-state index in [0.29, 0.717) is 11.7 Å². The van der Waals surface area contributed by atoms with Gasteiger partial charge in [-0.05, 0) is 62.8 Å². The molecule has 210 valence electrons. The number of carbonyl (C=O) groups is 2. The molecular formula is C32H32N4O4S. The molecule has 0 atom stereocenters. The van der Waals surface area contributed by atoms with Crippen LogP contribution < -0.4 is 5.32 Å². The Bertz CT molecular complexity index is 1640. The molecule has 5 aromatic rings. The average molecular weight is 569 g/mol. The van der Waals surface area contributed by atoms with Gasteiger partial charge in [0.25, 0.3) is 0 Å². The summed E-state index contributed by atoms with van der Waals surface area (Å²) in [6, 6.07) is 24.6. The van der Waals surface area contributed by atoms with Crippen molar-refractivity contribution in [2.45, 2.75) is 38.4 Å². The van der Waals surface area contributed by atoms with Crippen molar-refractivity contribution in [1.82, 2.24) is 14.5 Å². The number of thioether (sulfide) groups is 1. The number of imidazole rings is 1. The number of rotatable bonds is 11. The van der Waals surface area contributed by atoms with E-state index < -0.39 is 11.9 Å². The number of anilines is 2. The number of nitrogens with zero attached hydrogens (tertiary/aromatic N) is 3. The topological polar surface area (TPSA) is 95.3 Å². The third-order valence-electron chi connectivity index (χ3n) is 6.71. The van der Waals surface area contributed by atoms with Gasteiger partial charge in [-0.1, -0.05) is 60.3 Å². The second-order valence-electron chi connectivity index (χ2n) is 9.33. The molecule has 2 heterocycles. The number of carbonyl (C=O) groups excluding carboxylic acids is 2. The number of fused-ring (bicyclic) bond motifs is 2. The molecule has 0 fully saturated rings. The Morgan fingerprint density at radius 3 is 2.05 bits per heavy atom. The Morgan fingerprint density at radius 2 is 1.44 bits per heavy atom. The van der Waals surface area contributed by atoms with Crippen LogP contribution in [0, 0.1) is 0 Å². The molecule has 0 aliphatic carbocycles. The summed E-state index contributed by atoms with van der Waals surface area (Å²) in [6.45, 7) is 4.35. The lowest BCUT2D eigenvalue weighted by Crippen LogP contribution is -2.18. The van der Waals surface area contributed by atoms with E-state index in [1.54, 1.807) is 18.4 Å². The first-order valence-electron chi connectivity index (χ1n) is 13.7. The first-order chi connectivity index (χ1) is 20.0. The molecule has 0 bridgehead atoms. The highest BCUT2D eigenvalue weighted by Gasteiger charge is 2.29. The number of esters is 2. The van der Waals surface area contributed by atoms with E-state index in [-0.39, 0.29) is 24.6 Å². The normalized spacial score (nSPS) is 11.1. The maximum Gasteiger partial charge on any atom is 0.359 e. The fraction of sp³-hybridized carbons (Fsp3) is 0.250. The molecule has 5 rings (SSSR count). The molecule has 41 heavy (non-hydrogen) atoms. The van der Waals surface area contributed by atoms with Crippen molar-refractivity contribution in [1.29, 1.82) is 0 Å². The number of hydrogen-bond donors (Lipinski definition) is 1. The van der Waals surface area contributed by atoms with Gasteiger partial charge in [0.2, 0.25) is 0 Å². The summed E-state index contributed by atoms with van der Waals surface area (Å²) < 4.78 is 12.2. The number of benzene rings is 3. The molecule has 0 amide bonds. The fourth-order valence-electron chi connectivity index (χ4n) is 4.86. The fourth-order valence-corrected chi connectivity index (χ4v) is 5.44. The summed E-state index contributed by atoms with van der Waals surface area (Å²) in [5.41, 5.74) is 5.22. The number of nitrogens with one attached hydrogen (secondary N) is 1. The van der Waals surface area contributed by atoms with Crippen molar-refractivity contribution in [2.24, 2.45) is 0 Å². The van der Waals surface area contributed by atoms with Gasteiger partial charge in [-0.3, -0.25) is 0 Å². The molecule has 2 aromatic heterocycles. The largest absolute Gasteiger partial charge is 0.461 e. The first kappa shape index (κ1) is 28.2. The maximum absolute atomic E-state index is 12.8. The lowest BCUT2D eigenvalue weighted by Gasteiger charge is -2.14. The van der Waals surface area contributed by atoms with Crippen LogP contribution in [0.5, 0.6) is 0 Å². The van der Waals surface area contributed by atoms with Gasteiger partial charge in [-0.15, -0.1) is 0 Å². The number of hydrogen-bond acceptors (Lipinski definition) is 8. The van der Waals surface area contributed by atoms with Crippen molar-refractivity contribution in [3.05, 3.63) is 89.7 Å². The molecule has 0 saturated heterocycles. The van der Waals surface area contributed by atoms with Crippen LogP contribution in [0.25, 0.3) is 21.8 Å². The zero-order valence-corrected chi connectivity index (χ0v) is 24.2. The third-order valence-corrected chi connectivity index (χ3v) is 7.39. The zero-order valence-electron chi connectivity index (χ0n) is 23.3. The first-order valence-corrected chi connectivity index (χ1v) is 14.9. The van der Waals surface area contributed by atoms with Crippen molar-refractivity contribution < 1.29 is 19.1 Å². The highest BCUT2D eigenvalue weighted by Crippen LogP contribution is 2.33. The Hall–Kier alpha value is -4.37. The SMILES string of the molecule is CCOC(=O)c1nc(SC)n(CCCc2ccc(Nc3c4ccccc4nc4ccccc34)cc2)c1C(=O)OCC. The molecule has 0 radical (unpaired) electrons. The van der Waals surface area contributed by atoms with E-state index in [4.69, 9.17) is 14.5 Å². The standard InChI is InChI=1S/C32H32N4O4S/c1-4-39-30(37)28-29(31(38)40-5-2)36(32(35-28)41-3)20-10-11-21-16-18-22(19-17-21)33-27-23-12-6-8-14-25(23)34-26-15-9-7-13-24(26)27/h6-9,12-19H,4-5,10-11,20H2,1-3H3,(H,33,34). The number of aromatic nitrogens is 3. The quantitative estimate of drug-likeness (QED) is 0.103. The Morgan fingerprint density at radius 1 is 0.829 bits per heavy atom. The lowest BCUT2D eigenvalue weighted by molar-refractivity contribution is 0.0466. The second-order valence-corrected chi connectivity index (χ2v) is 10.1. The van der Waals surface area contributed by atoms with Gasteiger partial charge in [0.15, 0.2) is 16.5 Å². The summed E-state index contributed by atoms with van der Waals surface area (Å²) >= 11 is 1.38. The van der Waals surface area contributed by atoms with E-state index in [1.807, 2.05) is 42.7 Å². The van der Waals surface area contributed by atoms with Gasteiger partial charge in [-0.25, -0.2) is 19.6 Å². The minimum Gasteiger partial charge on any atom is -0.461 e. The minimum atomic E-state index is -0.623. The van der Waals surface area contributed by atoms with Crippen LogP contribution in [0.15, 0.2) is 78.0 Å². The molecule has 9 heteroatoms. The molecule has 0 aliphatic rings. The van der Waals surface area contributed by atoms with Crippen LogP contribution in [0.2, 0.25) is 0 Å². The van der Waals surface area contributed by atoms with Crippen LogP contribution in [0.4, 0.5) is 11.4 Å². The molecule has 8 nitrogen and oxygen atoms in total. The molecule has 0 spiro atoms. The average Bonchev–Trinajstić information content (AvgIpc) is 3.37. The van der Waals surface area contributed by atoms with Crippen LogP contribution in [0.1, 0.15) is 46.8 Å². The maximum atomic E-state index is 12.8. The van der Waals surface area contributed by atoms with Gasteiger partial charge in [0.1, 0.15) is 0 Å². The monoisotopic (exact) mass is 568 g/mol. The van der Waals surface area contributed by atoms with Gasteiger partial charge in [0, 0.05) is 23.0 Å². The summed E-state index contributed by atoms with van der Waals surface area (Å²) in [5, 5.41) is 6.33. The zero-order chi connectivity index (χ0) is 28.8. The molecule has 0 aliphatic heterocycles. The summed E-state index contributed by atoms with van der Waals surface area (Å²) in [5.74, 6) is -1.20. The number of aryl methyl sites for hydroxylation is 1. The van der Waals surface area contributed by atoms with E-state index in [9.17, 15) is 9.59 Å². The lowest BCUT2D eigenvalue weighted by atomic mass is 10.1. The number of ether oxygens (including phenoxy) is 2. The van der Waals surface area contributed by atoms with Crippen molar-refractivity contribution in [2.75, 3.05) is 24.8 Å². The van der Waals surface area contributed by atoms with Crippen molar-refractivity contribution in [3.63, 3.8) is 0 Å². The molecule has 0 saturated carbocycles. The summed E-state index contributed by atoms with van der Waals surface area (Å²) in [7, 11) is 0. The van der Waals surface area contributed by atoms with E-state index in [1.165, 1.54) is 11.8 Å². The minimum absolute atomic E-state index is 0.00115. The summed E-state index contributed by atoms with van der Waals surface area (Å²) in [6.07, 6.45) is 3.39. The second kappa shape index (κ2) is 12.9. The van der Waals surface area contributed by atoms with Crippen LogP contribution in [-0.4, -0.2) is 45.9 Å². The molecule has 3 aromatic carbocycles. The molecular weight excluding hydrogens is 536 g/mol. The summed E-state index contributed by atoms with van der Waals surface area (Å²) in [4.78, 5) is 34.6. The Kier molecular flexibility index (Phi) is 8.84. The van der Waals surface area contributed by atoms with E-state index in [0.717, 1.165) is 51.6 Å². The highest BCUT2D eigenvalue weighted by atomic mass is 32.2. The van der Waals surface area contributed by atoms with Crippen LogP contribution >= 0.6 is 11.8 Å². The van der Waals surface area contributed by atoms with Gasteiger partial charge in [-0.2, -0.15) is 0 Å². The Labute approximate surface area is 243 Å². The number of pyridine rings is 1. The van der Waals surface area contributed by atoms with Crippen molar-refractivity contribution in [3.8, 4) is 0 Å². The molecule has 1 N–H and O–H groups in total. The predicted octanol–water partition coefficient (Wildman–Crippen LogP) is 7.04. The Balaban J connectivity index is 1.33. The smallest absolute Gasteiger partial charge is 0.359 e. The van der Waals surface area contributed by atoms with Crippen molar-refractivity contribution >= 4 is 56.9 Å². The van der Waals surface area contributed by atoms with Crippen LogP contribution in [-0.2, 0) is 22.4 Å². The van der Waals surface area contributed by atoms with Gasteiger partial charge < -0.3 is 19.4 Å². The van der Waals surface area contributed by atoms with Gasteiger partial charge in [0.05, 0.1) is 29.9 Å². The third kappa shape index (κ3) is 6.05. The van der Waals surface area contributed by atoms with Gasteiger partial charge >= 0.3 is 11.9 Å². The predicted molar refractivity (Wildman–Crippen MR) is 163 cm³/mol. The van der Waals surface area contributed by atoms with E-state index >= 15 is 0 Å². The highest BCUT2D eigenvalue weighted by molar-refractivity contribution is 7.98. The van der Waals surface area contributed by atoms with E-state index in [2.05, 4.69) is 46.7 Å².